The summed E-state index contributed by atoms with van der Waals surface area (Å²) in [5.74, 6) is 0.0208. The van der Waals surface area contributed by atoms with Gasteiger partial charge in [-0.15, -0.1) is 0 Å². The van der Waals surface area contributed by atoms with E-state index in [4.69, 9.17) is 0 Å². The van der Waals surface area contributed by atoms with E-state index in [1.807, 2.05) is 12.1 Å². The highest BCUT2D eigenvalue weighted by Gasteiger charge is 2.03. The monoisotopic (exact) mass is 309 g/mol. The molecule has 0 aliphatic heterocycles. The summed E-state index contributed by atoms with van der Waals surface area (Å²) in [6.07, 6.45) is 0. The normalized spacial score (nSPS) is 10.6. The Balaban J connectivity index is 1.92. The number of para-hydroxylation sites is 1. The maximum Gasteiger partial charge on any atom is 0.134 e. The summed E-state index contributed by atoms with van der Waals surface area (Å²) < 4.78 is 13.4. The van der Waals surface area contributed by atoms with Crippen LogP contribution in [0.4, 0.5) is 4.39 Å². The molecule has 18 heavy (non-hydrogen) atoms. The van der Waals surface area contributed by atoms with E-state index in [0.29, 0.717) is 17.6 Å². The first kappa shape index (κ1) is 13.1. The molecule has 2 N–H and O–H groups in total. The third kappa shape index (κ3) is 3.31. The minimum atomic E-state index is -0.233. The highest BCUT2D eigenvalue weighted by atomic mass is 79.9. The van der Waals surface area contributed by atoms with E-state index in [1.54, 1.807) is 18.2 Å². The van der Waals surface area contributed by atoms with Gasteiger partial charge in [-0.05, 0) is 39.7 Å². The average molecular weight is 310 g/mol. The Labute approximate surface area is 114 Å². The van der Waals surface area contributed by atoms with E-state index in [1.165, 1.54) is 12.1 Å². The zero-order valence-electron chi connectivity index (χ0n) is 9.66. The first-order valence-corrected chi connectivity index (χ1v) is 6.37. The third-order valence-corrected chi connectivity index (χ3v) is 3.27. The van der Waals surface area contributed by atoms with Gasteiger partial charge in [0.15, 0.2) is 0 Å². The molecular formula is C14H13BrFNO. The van der Waals surface area contributed by atoms with Gasteiger partial charge >= 0.3 is 0 Å². The highest BCUT2D eigenvalue weighted by Crippen LogP contribution is 2.27. The molecule has 0 saturated heterocycles. The molecule has 2 rings (SSSR count). The highest BCUT2D eigenvalue weighted by molar-refractivity contribution is 9.10. The van der Waals surface area contributed by atoms with Crippen LogP contribution in [0, 0.1) is 5.82 Å². The van der Waals surface area contributed by atoms with Crippen molar-refractivity contribution in [3.05, 3.63) is 63.9 Å². The Hall–Kier alpha value is -1.39. The maximum atomic E-state index is 12.7. The summed E-state index contributed by atoms with van der Waals surface area (Å²) in [7, 11) is 0. The lowest BCUT2D eigenvalue weighted by molar-refractivity contribution is 0.461. The molecule has 2 aromatic carbocycles. The predicted molar refractivity (Wildman–Crippen MR) is 72.8 cm³/mol. The molecule has 2 nitrogen and oxygen atoms in total. The second-order valence-corrected chi connectivity index (χ2v) is 4.83. The number of hydrogen-bond acceptors (Lipinski definition) is 2. The Bertz CT molecular complexity index is 528. The second kappa shape index (κ2) is 5.98. The van der Waals surface area contributed by atoms with Crippen LogP contribution in [0.3, 0.4) is 0 Å². The zero-order valence-corrected chi connectivity index (χ0v) is 11.2. The first-order valence-electron chi connectivity index (χ1n) is 5.58. The lowest BCUT2D eigenvalue weighted by Crippen LogP contribution is -2.12. The van der Waals surface area contributed by atoms with Gasteiger partial charge in [-0.1, -0.05) is 24.3 Å². The molecule has 0 fully saturated rings. The van der Waals surface area contributed by atoms with Gasteiger partial charge in [0.2, 0.25) is 0 Å². The lowest BCUT2D eigenvalue weighted by atomic mass is 10.2. The van der Waals surface area contributed by atoms with Gasteiger partial charge in [0.05, 0.1) is 4.47 Å². The van der Waals surface area contributed by atoms with Crippen molar-refractivity contribution in [3.8, 4) is 5.75 Å². The van der Waals surface area contributed by atoms with Crippen LogP contribution in [0.2, 0.25) is 0 Å². The molecule has 0 heterocycles. The second-order valence-electron chi connectivity index (χ2n) is 3.98. The van der Waals surface area contributed by atoms with Gasteiger partial charge in [0.25, 0.3) is 0 Å². The molecule has 0 aromatic heterocycles. The first-order chi connectivity index (χ1) is 8.66. The standard InChI is InChI=1S/C14H13BrFNO/c15-13-3-1-2-11(14(13)18)9-17-8-10-4-6-12(16)7-5-10/h1-7,17-18H,8-9H2. The average Bonchev–Trinajstić information content (AvgIpc) is 2.37. The van der Waals surface area contributed by atoms with Gasteiger partial charge < -0.3 is 10.4 Å². The number of benzene rings is 2. The smallest absolute Gasteiger partial charge is 0.134 e. The molecule has 4 heteroatoms. The Kier molecular flexibility index (Phi) is 4.33. The number of phenols is 1. The van der Waals surface area contributed by atoms with Crippen LogP contribution in [0.1, 0.15) is 11.1 Å². The minimum Gasteiger partial charge on any atom is -0.506 e. The summed E-state index contributed by atoms with van der Waals surface area (Å²) in [6.45, 7) is 1.19. The molecule has 0 bridgehead atoms. The lowest BCUT2D eigenvalue weighted by Gasteiger charge is -2.08. The van der Waals surface area contributed by atoms with Crippen molar-refractivity contribution in [1.29, 1.82) is 0 Å². The van der Waals surface area contributed by atoms with Gasteiger partial charge in [-0.25, -0.2) is 4.39 Å². The van der Waals surface area contributed by atoms with Crippen molar-refractivity contribution in [2.75, 3.05) is 0 Å². The molecule has 0 radical (unpaired) electrons. The number of nitrogens with one attached hydrogen (secondary N) is 1. The van der Waals surface area contributed by atoms with Crippen molar-refractivity contribution in [3.63, 3.8) is 0 Å². The Morgan fingerprint density at radius 1 is 1.06 bits per heavy atom. The molecule has 94 valence electrons. The van der Waals surface area contributed by atoms with Crippen molar-refractivity contribution in [1.82, 2.24) is 5.32 Å². The summed E-state index contributed by atoms with van der Waals surface area (Å²) in [4.78, 5) is 0. The predicted octanol–water partition coefficient (Wildman–Crippen LogP) is 3.58. The van der Waals surface area contributed by atoms with Gasteiger partial charge in [0.1, 0.15) is 11.6 Å². The minimum absolute atomic E-state index is 0.233. The number of aromatic hydroxyl groups is 1. The molecule has 0 saturated carbocycles. The Morgan fingerprint density at radius 2 is 1.78 bits per heavy atom. The molecule has 0 aliphatic carbocycles. The fourth-order valence-corrected chi connectivity index (χ4v) is 2.05. The van der Waals surface area contributed by atoms with E-state index in [-0.39, 0.29) is 11.6 Å². The van der Waals surface area contributed by atoms with Gasteiger partial charge in [-0.3, -0.25) is 0 Å². The van der Waals surface area contributed by atoms with Gasteiger partial charge in [-0.2, -0.15) is 0 Å². The topological polar surface area (TPSA) is 32.3 Å². The van der Waals surface area contributed by atoms with E-state index >= 15 is 0 Å². The van der Waals surface area contributed by atoms with Crippen LogP contribution in [0.25, 0.3) is 0 Å². The SMILES string of the molecule is Oc1c(Br)cccc1CNCc1ccc(F)cc1. The summed E-state index contributed by atoms with van der Waals surface area (Å²) in [6, 6.07) is 11.9. The van der Waals surface area contributed by atoms with Crippen LogP contribution < -0.4 is 5.32 Å². The van der Waals surface area contributed by atoms with E-state index in [2.05, 4.69) is 21.2 Å². The molecule has 0 amide bonds. The molecule has 0 unspecified atom stereocenters. The fraction of sp³-hybridized carbons (Fsp3) is 0.143. The number of hydrogen-bond donors (Lipinski definition) is 2. The van der Waals surface area contributed by atoms with Crippen molar-refractivity contribution >= 4 is 15.9 Å². The number of halogens is 2. The van der Waals surface area contributed by atoms with Crippen LogP contribution in [-0.4, -0.2) is 5.11 Å². The summed E-state index contributed by atoms with van der Waals surface area (Å²) >= 11 is 3.27. The maximum absolute atomic E-state index is 12.7. The summed E-state index contributed by atoms with van der Waals surface area (Å²) in [5, 5.41) is 13.0. The molecule has 0 spiro atoms. The Morgan fingerprint density at radius 3 is 2.50 bits per heavy atom. The van der Waals surface area contributed by atoms with Crippen molar-refractivity contribution in [2.24, 2.45) is 0 Å². The largest absolute Gasteiger partial charge is 0.506 e. The number of rotatable bonds is 4. The fourth-order valence-electron chi connectivity index (χ4n) is 1.65. The van der Waals surface area contributed by atoms with Crippen molar-refractivity contribution in [2.45, 2.75) is 13.1 Å². The quantitative estimate of drug-likeness (QED) is 0.904. The van der Waals surface area contributed by atoms with Crippen LogP contribution >= 0.6 is 15.9 Å². The zero-order chi connectivity index (χ0) is 13.0. The summed E-state index contributed by atoms with van der Waals surface area (Å²) in [5.41, 5.74) is 1.83. The van der Waals surface area contributed by atoms with Crippen molar-refractivity contribution < 1.29 is 9.50 Å². The van der Waals surface area contributed by atoms with E-state index in [9.17, 15) is 9.50 Å². The molecule has 2 aromatic rings. The van der Waals surface area contributed by atoms with E-state index in [0.717, 1.165) is 11.1 Å². The van der Waals surface area contributed by atoms with Crippen LogP contribution in [0.15, 0.2) is 46.9 Å². The van der Waals surface area contributed by atoms with E-state index < -0.39 is 0 Å². The van der Waals surface area contributed by atoms with Crippen LogP contribution in [0.5, 0.6) is 5.75 Å². The van der Waals surface area contributed by atoms with Gasteiger partial charge in [0, 0.05) is 18.7 Å². The molecular weight excluding hydrogens is 297 g/mol. The van der Waals surface area contributed by atoms with Crippen LogP contribution in [-0.2, 0) is 13.1 Å². The molecule has 0 aliphatic rings. The number of phenolic OH excluding ortho intramolecular Hbond substituents is 1. The third-order valence-electron chi connectivity index (χ3n) is 2.63. The molecule has 0 atom stereocenters.